The van der Waals surface area contributed by atoms with E-state index in [0.717, 1.165) is 0 Å². The summed E-state index contributed by atoms with van der Waals surface area (Å²) < 4.78 is 24.8. The fraction of sp³-hybridized carbons (Fsp3) is 0.529. The minimum atomic E-state index is -2.31. The lowest BCUT2D eigenvalue weighted by molar-refractivity contribution is -0.123. The summed E-state index contributed by atoms with van der Waals surface area (Å²) in [5.74, 6) is 0.0218. The zero-order valence-corrected chi connectivity index (χ0v) is 18.0. The van der Waals surface area contributed by atoms with E-state index in [0.29, 0.717) is 11.2 Å². The summed E-state index contributed by atoms with van der Waals surface area (Å²) in [5, 5.41) is 2.73. The lowest BCUT2D eigenvalue weighted by Gasteiger charge is -2.18. The van der Waals surface area contributed by atoms with Gasteiger partial charge in [0.05, 0.1) is 6.33 Å². The second-order valence-electron chi connectivity index (χ2n) is 8.02. The van der Waals surface area contributed by atoms with Gasteiger partial charge in [0.2, 0.25) is 11.2 Å². The second kappa shape index (κ2) is 7.55. The molecule has 2 atom stereocenters. The molecule has 2 aromatic heterocycles. The third-order valence-corrected chi connectivity index (χ3v) is 4.78. The number of halogens is 1. The van der Waals surface area contributed by atoms with Gasteiger partial charge in [0, 0.05) is 5.41 Å². The number of carbonyl (C=O) groups excluding carboxylic acids is 1. The molecule has 0 spiro atoms. The number of carbonyl (C=O) groups is 1. The van der Waals surface area contributed by atoms with Gasteiger partial charge in [-0.15, -0.1) is 0 Å². The number of amides is 1. The minimum absolute atomic E-state index is 0.0221. The molecule has 0 saturated carbocycles. The summed E-state index contributed by atoms with van der Waals surface area (Å²) in [6.45, 7) is 8.69. The number of nitrogens with one attached hydrogen (secondary N) is 1. The SMILES string of the molecule is CC(C)(C)C(=O)Nc1nc(Cl)nc2c1ncn2[C@H]1C=C[C@@H](OCP(C)(C)=O)O1. The van der Waals surface area contributed by atoms with Crippen molar-refractivity contribution in [3.05, 3.63) is 23.8 Å². The summed E-state index contributed by atoms with van der Waals surface area (Å²) in [4.78, 5) is 25.0. The zero-order chi connectivity index (χ0) is 20.7. The van der Waals surface area contributed by atoms with Crippen molar-refractivity contribution in [1.29, 1.82) is 0 Å². The number of imidazole rings is 1. The van der Waals surface area contributed by atoms with E-state index in [2.05, 4.69) is 20.3 Å². The van der Waals surface area contributed by atoms with Crippen LogP contribution in [0.25, 0.3) is 11.2 Å². The number of aromatic nitrogens is 4. The molecule has 28 heavy (non-hydrogen) atoms. The van der Waals surface area contributed by atoms with Gasteiger partial charge in [-0.05, 0) is 37.1 Å². The lowest BCUT2D eigenvalue weighted by Crippen LogP contribution is -2.28. The molecule has 3 heterocycles. The van der Waals surface area contributed by atoms with Gasteiger partial charge < -0.3 is 19.4 Å². The maximum absolute atomic E-state index is 12.3. The summed E-state index contributed by atoms with van der Waals surface area (Å²) in [5.41, 5.74) is 0.206. The van der Waals surface area contributed by atoms with Crippen LogP contribution in [0.2, 0.25) is 5.28 Å². The van der Waals surface area contributed by atoms with Crippen LogP contribution in [0.3, 0.4) is 0 Å². The molecule has 152 valence electrons. The van der Waals surface area contributed by atoms with E-state index in [1.807, 2.05) is 0 Å². The lowest BCUT2D eigenvalue weighted by atomic mass is 9.96. The molecular formula is C17H23ClN5O4P. The van der Waals surface area contributed by atoms with Gasteiger partial charge in [0.1, 0.15) is 13.5 Å². The van der Waals surface area contributed by atoms with E-state index in [-0.39, 0.29) is 23.4 Å². The number of ether oxygens (including phenoxy) is 2. The van der Waals surface area contributed by atoms with Gasteiger partial charge in [-0.3, -0.25) is 9.36 Å². The van der Waals surface area contributed by atoms with Crippen molar-refractivity contribution in [2.75, 3.05) is 25.0 Å². The maximum Gasteiger partial charge on any atom is 0.230 e. The fourth-order valence-electron chi connectivity index (χ4n) is 2.38. The highest BCUT2D eigenvalue weighted by atomic mass is 35.5. The minimum Gasteiger partial charge on any atom is -0.341 e. The molecule has 0 fully saturated rings. The van der Waals surface area contributed by atoms with Crippen LogP contribution in [-0.2, 0) is 18.8 Å². The molecule has 1 aliphatic rings. The number of fused-ring (bicyclic) bond motifs is 1. The van der Waals surface area contributed by atoms with Gasteiger partial charge in [0.25, 0.3) is 0 Å². The van der Waals surface area contributed by atoms with Crippen molar-refractivity contribution < 1.29 is 18.8 Å². The molecule has 11 heteroatoms. The highest BCUT2D eigenvalue weighted by molar-refractivity contribution is 7.62. The molecular weight excluding hydrogens is 405 g/mol. The normalized spacial score (nSPS) is 20.1. The summed E-state index contributed by atoms with van der Waals surface area (Å²) in [7, 11) is -2.31. The van der Waals surface area contributed by atoms with Crippen molar-refractivity contribution >= 4 is 41.6 Å². The number of hydrogen-bond donors (Lipinski definition) is 1. The Balaban J connectivity index is 1.84. The second-order valence-corrected chi connectivity index (χ2v) is 11.8. The Hall–Kier alpha value is -1.80. The predicted octanol–water partition coefficient (Wildman–Crippen LogP) is 3.47. The van der Waals surface area contributed by atoms with Gasteiger partial charge >= 0.3 is 0 Å². The molecule has 1 amide bonds. The van der Waals surface area contributed by atoms with Crippen LogP contribution < -0.4 is 5.32 Å². The largest absolute Gasteiger partial charge is 0.341 e. The molecule has 0 aromatic carbocycles. The van der Waals surface area contributed by atoms with Crippen LogP contribution in [-0.4, -0.2) is 51.4 Å². The van der Waals surface area contributed by atoms with Crippen LogP contribution in [0.5, 0.6) is 0 Å². The Morgan fingerprint density at radius 2 is 2.07 bits per heavy atom. The van der Waals surface area contributed by atoms with E-state index in [4.69, 9.17) is 21.1 Å². The smallest absolute Gasteiger partial charge is 0.230 e. The average molecular weight is 428 g/mol. The highest BCUT2D eigenvalue weighted by Crippen LogP contribution is 2.37. The summed E-state index contributed by atoms with van der Waals surface area (Å²) >= 11 is 6.06. The first kappa shape index (κ1) is 20.9. The van der Waals surface area contributed by atoms with Crippen molar-refractivity contribution in [2.45, 2.75) is 33.3 Å². The molecule has 0 saturated heterocycles. The zero-order valence-electron chi connectivity index (χ0n) is 16.3. The van der Waals surface area contributed by atoms with Crippen LogP contribution in [0.4, 0.5) is 5.82 Å². The van der Waals surface area contributed by atoms with Crippen molar-refractivity contribution in [3.8, 4) is 0 Å². The Morgan fingerprint density at radius 3 is 2.71 bits per heavy atom. The maximum atomic E-state index is 12.3. The monoisotopic (exact) mass is 427 g/mol. The van der Waals surface area contributed by atoms with Crippen LogP contribution >= 0.6 is 18.7 Å². The third-order valence-electron chi connectivity index (χ3n) is 3.84. The number of rotatable bonds is 5. The first-order chi connectivity index (χ1) is 12.9. The van der Waals surface area contributed by atoms with Crippen molar-refractivity contribution in [1.82, 2.24) is 19.5 Å². The van der Waals surface area contributed by atoms with Crippen LogP contribution in [0.1, 0.15) is 27.0 Å². The van der Waals surface area contributed by atoms with Gasteiger partial charge in [-0.1, -0.05) is 20.8 Å². The fourth-order valence-corrected chi connectivity index (χ4v) is 3.05. The van der Waals surface area contributed by atoms with E-state index in [9.17, 15) is 9.36 Å². The Labute approximate surface area is 167 Å². The molecule has 0 radical (unpaired) electrons. The van der Waals surface area contributed by atoms with Gasteiger partial charge in [-0.2, -0.15) is 9.97 Å². The van der Waals surface area contributed by atoms with E-state index < -0.39 is 25.1 Å². The molecule has 1 aliphatic heterocycles. The molecule has 0 bridgehead atoms. The van der Waals surface area contributed by atoms with Crippen molar-refractivity contribution in [3.63, 3.8) is 0 Å². The first-order valence-electron chi connectivity index (χ1n) is 8.65. The molecule has 2 aromatic rings. The van der Waals surface area contributed by atoms with Crippen molar-refractivity contribution in [2.24, 2.45) is 5.41 Å². The Kier molecular flexibility index (Phi) is 5.64. The number of hydrogen-bond acceptors (Lipinski definition) is 7. The average Bonchev–Trinajstić information content (AvgIpc) is 3.17. The topological polar surface area (TPSA) is 108 Å². The summed E-state index contributed by atoms with van der Waals surface area (Å²) in [6, 6.07) is 0. The van der Waals surface area contributed by atoms with E-state index in [1.54, 1.807) is 50.8 Å². The molecule has 0 unspecified atom stereocenters. The Morgan fingerprint density at radius 1 is 1.36 bits per heavy atom. The molecule has 3 rings (SSSR count). The standard InChI is InChI=1S/C17H23ClN5O4P/c1-17(2,3)15(24)20-13-12-14(22-16(18)21-13)23(8-19-12)10-6-7-11(27-10)26-9-28(4,5)25/h6-8,10-11H,9H2,1-5H3,(H,20,21,22,24)/t10-,11+/m1/s1. The van der Waals surface area contributed by atoms with E-state index >= 15 is 0 Å². The Bertz CT molecular complexity index is 978. The third kappa shape index (κ3) is 4.78. The van der Waals surface area contributed by atoms with E-state index in [1.165, 1.54) is 6.33 Å². The van der Waals surface area contributed by atoms with Gasteiger partial charge in [-0.25, -0.2) is 4.98 Å². The quantitative estimate of drug-likeness (QED) is 0.442. The first-order valence-corrected chi connectivity index (χ1v) is 11.8. The van der Waals surface area contributed by atoms with Crippen LogP contribution in [0.15, 0.2) is 18.5 Å². The number of nitrogens with zero attached hydrogens (tertiary/aromatic N) is 4. The highest BCUT2D eigenvalue weighted by Gasteiger charge is 2.27. The summed E-state index contributed by atoms with van der Waals surface area (Å²) in [6.07, 6.45) is 4.02. The van der Waals surface area contributed by atoms with Gasteiger partial charge in [0.15, 0.2) is 29.5 Å². The molecule has 0 aliphatic carbocycles. The van der Waals surface area contributed by atoms with Crippen LogP contribution in [0, 0.1) is 5.41 Å². The number of anilines is 1. The molecule has 1 N–H and O–H groups in total. The predicted molar refractivity (Wildman–Crippen MR) is 107 cm³/mol. The molecule has 9 nitrogen and oxygen atoms in total.